The maximum Gasteiger partial charge on any atom is 0.120 e. The molecule has 0 aliphatic heterocycles. The third-order valence-corrected chi connectivity index (χ3v) is 3.67. The second-order valence-electron chi connectivity index (χ2n) is 3.54. The number of halogens is 2. The molecule has 0 saturated heterocycles. The van der Waals surface area contributed by atoms with Crippen molar-refractivity contribution in [3.63, 3.8) is 0 Å². The molecule has 1 aromatic carbocycles. The Morgan fingerprint density at radius 1 is 1.24 bits per heavy atom. The first kappa shape index (κ1) is 12.6. The third kappa shape index (κ3) is 3.54. The van der Waals surface area contributed by atoms with Crippen LogP contribution in [0, 0.1) is 0 Å². The van der Waals surface area contributed by atoms with E-state index < -0.39 is 0 Å². The molecule has 88 valence electrons. The fourth-order valence-electron chi connectivity index (χ4n) is 1.39. The van der Waals surface area contributed by atoms with Crippen molar-refractivity contribution in [1.29, 1.82) is 0 Å². The van der Waals surface area contributed by atoms with Crippen molar-refractivity contribution in [1.82, 2.24) is 4.98 Å². The van der Waals surface area contributed by atoms with Gasteiger partial charge >= 0.3 is 0 Å². The third-order valence-electron chi connectivity index (χ3n) is 2.29. The predicted octanol–water partition coefficient (Wildman–Crippen LogP) is 4.32. The van der Waals surface area contributed by atoms with E-state index in [0.717, 1.165) is 21.1 Å². The molecule has 0 aliphatic rings. The molecule has 2 aromatic rings. The zero-order valence-electron chi connectivity index (χ0n) is 9.07. The standard InChI is InChI=1S/C13H11Br2NO/c14-7-11-6-12(3-4-13(11)15)17-9-10-2-1-5-16-8-10/h1-6,8H,7,9H2. The smallest absolute Gasteiger partial charge is 0.120 e. The Hall–Kier alpha value is -0.870. The molecule has 17 heavy (non-hydrogen) atoms. The quantitative estimate of drug-likeness (QED) is 0.761. The van der Waals surface area contributed by atoms with Crippen LogP contribution in [0.25, 0.3) is 0 Å². The van der Waals surface area contributed by atoms with Crippen LogP contribution in [0.1, 0.15) is 11.1 Å². The molecule has 2 rings (SSSR count). The van der Waals surface area contributed by atoms with Crippen LogP contribution >= 0.6 is 31.9 Å². The lowest BCUT2D eigenvalue weighted by Gasteiger charge is -2.08. The van der Waals surface area contributed by atoms with Gasteiger partial charge in [-0.25, -0.2) is 0 Å². The summed E-state index contributed by atoms with van der Waals surface area (Å²) in [5.74, 6) is 0.867. The largest absolute Gasteiger partial charge is 0.489 e. The number of rotatable bonds is 4. The Balaban J connectivity index is 2.04. The van der Waals surface area contributed by atoms with Gasteiger partial charge < -0.3 is 4.74 Å². The molecular formula is C13H11Br2NO. The predicted molar refractivity (Wildman–Crippen MR) is 75.3 cm³/mol. The van der Waals surface area contributed by atoms with Crippen LogP contribution in [-0.2, 0) is 11.9 Å². The lowest BCUT2D eigenvalue weighted by Crippen LogP contribution is -1.96. The van der Waals surface area contributed by atoms with E-state index in [9.17, 15) is 0 Å². The molecule has 0 radical (unpaired) electrons. The summed E-state index contributed by atoms with van der Waals surface area (Å²) >= 11 is 6.93. The van der Waals surface area contributed by atoms with Crippen LogP contribution in [0.5, 0.6) is 5.75 Å². The van der Waals surface area contributed by atoms with E-state index in [1.165, 1.54) is 5.56 Å². The molecule has 0 aliphatic carbocycles. The Labute approximate surface area is 117 Å². The molecule has 0 N–H and O–H groups in total. The van der Waals surface area contributed by atoms with E-state index in [1.54, 1.807) is 6.20 Å². The molecule has 0 atom stereocenters. The molecule has 0 bridgehead atoms. The van der Waals surface area contributed by atoms with Gasteiger partial charge in [0.05, 0.1) is 0 Å². The van der Waals surface area contributed by atoms with E-state index in [-0.39, 0.29) is 0 Å². The van der Waals surface area contributed by atoms with Crippen LogP contribution in [-0.4, -0.2) is 4.98 Å². The minimum Gasteiger partial charge on any atom is -0.489 e. The SMILES string of the molecule is BrCc1cc(OCc2cccnc2)ccc1Br. The maximum atomic E-state index is 5.71. The number of aromatic nitrogens is 1. The van der Waals surface area contributed by atoms with Gasteiger partial charge in [0.2, 0.25) is 0 Å². The lowest BCUT2D eigenvalue weighted by atomic mass is 10.2. The van der Waals surface area contributed by atoms with Gasteiger partial charge in [0, 0.05) is 27.8 Å². The molecule has 0 amide bonds. The summed E-state index contributed by atoms with van der Waals surface area (Å²) in [4.78, 5) is 4.05. The lowest BCUT2D eigenvalue weighted by molar-refractivity contribution is 0.305. The fourth-order valence-corrected chi connectivity index (χ4v) is 2.62. The van der Waals surface area contributed by atoms with Gasteiger partial charge in [-0.3, -0.25) is 4.98 Å². The molecule has 0 unspecified atom stereocenters. The van der Waals surface area contributed by atoms with Crippen molar-refractivity contribution in [3.8, 4) is 5.75 Å². The van der Waals surface area contributed by atoms with Crippen LogP contribution in [0.2, 0.25) is 0 Å². The highest BCUT2D eigenvalue weighted by molar-refractivity contribution is 9.10. The van der Waals surface area contributed by atoms with Gasteiger partial charge in [-0.15, -0.1) is 0 Å². The highest BCUT2D eigenvalue weighted by atomic mass is 79.9. The highest BCUT2D eigenvalue weighted by Crippen LogP contribution is 2.24. The van der Waals surface area contributed by atoms with Gasteiger partial charge in [-0.1, -0.05) is 37.9 Å². The van der Waals surface area contributed by atoms with E-state index in [1.807, 2.05) is 36.5 Å². The minimum atomic E-state index is 0.539. The normalized spacial score (nSPS) is 10.2. The summed E-state index contributed by atoms with van der Waals surface area (Å²) in [5, 5.41) is 0.803. The van der Waals surface area contributed by atoms with Gasteiger partial charge in [-0.2, -0.15) is 0 Å². The van der Waals surface area contributed by atoms with Crippen molar-refractivity contribution in [2.45, 2.75) is 11.9 Å². The first-order chi connectivity index (χ1) is 8.29. The van der Waals surface area contributed by atoms with Crippen LogP contribution < -0.4 is 4.74 Å². The van der Waals surface area contributed by atoms with E-state index in [0.29, 0.717) is 6.61 Å². The van der Waals surface area contributed by atoms with Crippen LogP contribution in [0.15, 0.2) is 47.2 Å². The van der Waals surface area contributed by atoms with E-state index >= 15 is 0 Å². The summed E-state index contributed by atoms with van der Waals surface area (Å²) in [6.45, 7) is 0.539. The molecule has 0 fully saturated rings. The minimum absolute atomic E-state index is 0.539. The Bertz CT molecular complexity index is 488. The van der Waals surface area contributed by atoms with Gasteiger partial charge in [0.25, 0.3) is 0 Å². The number of alkyl halides is 1. The fraction of sp³-hybridized carbons (Fsp3) is 0.154. The molecule has 4 heteroatoms. The number of hydrogen-bond acceptors (Lipinski definition) is 2. The maximum absolute atomic E-state index is 5.71. The molecule has 0 spiro atoms. The Morgan fingerprint density at radius 3 is 2.82 bits per heavy atom. The molecule has 0 saturated carbocycles. The summed E-state index contributed by atoms with van der Waals surface area (Å²) in [6, 6.07) is 9.87. The Kier molecular flexibility index (Phi) is 4.57. The number of pyridine rings is 1. The summed E-state index contributed by atoms with van der Waals surface area (Å²) < 4.78 is 6.79. The van der Waals surface area contributed by atoms with Crippen molar-refractivity contribution < 1.29 is 4.74 Å². The zero-order chi connectivity index (χ0) is 12.1. The Morgan fingerprint density at radius 2 is 2.12 bits per heavy atom. The van der Waals surface area contributed by atoms with Crippen molar-refractivity contribution >= 4 is 31.9 Å². The molecular weight excluding hydrogens is 346 g/mol. The second kappa shape index (κ2) is 6.17. The average molecular weight is 357 g/mol. The highest BCUT2D eigenvalue weighted by Gasteiger charge is 2.01. The first-order valence-corrected chi connectivity index (χ1v) is 7.07. The number of nitrogens with zero attached hydrogens (tertiary/aromatic N) is 1. The van der Waals surface area contributed by atoms with Gasteiger partial charge in [0.1, 0.15) is 12.4 Å². The van der Waals surface area contributed by atoms with Gasteiger partial charge in [-0.05, 0) is 29.8 Å². The topological polar surface area (TPSA) is 22.1 Å². The second-order valence-corrected chi connectivity index (χ2v) is 4.95. The monoisotopic (exact) mass is 355 g/mol. The molecule has 1 heterocycles. The first-order valence-electron chi connectivity index (χ1n) is 5.15. The summed E-state index contributed by atoms with van der Waals surface area (Å²) in [6.07, 6.45) is 3.57. The van der Waals surface area contributed by atoms with Gasteiger partial charge in [0.15, 0.2) is 0 Å². The van der Waals surface area contributed by atoms with Crippen molar-refractivity contribution in [3.05, 3.63) is 58.3 Å². The number of hydrogen-bond donors (Lipinski definition) is 0. The average Bonchev–Trinajstić information content (AvgIpc) is 2.39. The summed E-state index contributed by atoms with van der Waals surface area (Å²) in [5.41, 5.74) is 2.24. The number of ether oxygens (including phenoxy) is 1. The molecule has 1 aromatic heterocycles. The van der Waals surface area contributed by atoms with E-state index in [2.05, 4.69) is 36.8 Å². The van der Waals surface area contributed by atoms with E-state index in [4.69, 9.17) is 4.74 Å². The zero-order valence-corrected chi connectivity index (χ0v) is 12.2. The van der Waals surface area contributed by atoms with Crippen molar-refractivity contribution in [2.75, 3.05) is 0 Å². The number of benzene rings is 1. The summed E-state index contributed by atoms with van der Waals surface area (Å²) in [7, 11) is 0. The molecule has 2 nitrogen and oxygen atoms in total. The van der Waals surface area contributed by atoms with Crippen LogP contribution in [0.4, 0.5) is 0 Å². The van der Waals surface area contributed by atoms with Crippen molar-refractivity contribution in [2.24, 2.45) is 0 Å². The van der Waals surface area contributed by atoms with Crippen LogP contribution in [0.3, 0.4) is 0 Å².